The molecule has 0 spiro atoms. The number of nitrogens with two attached hydrogens (primary N) is 1. The van der Waals surface area contributed by atoms with Crippen molar-refractivity contribution >= 4 is 29.3 Å². The van der Waals surface area contributed by atoms with Crippen LogP contribution in [0.15, 0.2) is 28.8 Å². The van der Waals surface area contributed by atoms with Crippen LogP contribution in [0, 0.1) is 19.8 Å². The standard InChI is InChI=1S/C21H28N4O3S/c1-14-18(15(2)28-24-14)12-29-13-20(26)23-19-8-4-3-6-16(19)10-25-9-5-7-17(11-25)21(22)27/h3-4,6,8,17H,5,7,9-13H2,1-2H3,(H2,22,27)(H,23,26). The molecule has 8 heteroatoms. The fraction of sp³-hybridized carbons (Fsp3) is 0.476. The predicted octanol–water partition coefficient (Wildman–Crippen LogP) is 2.86. The summed E-state index contributed by atoms with van der Waals surface area (Å²) in [5, 5.41) is 6.97. The highest BCUT2D eigenvalue weighted by molar-refractivity contribution is 7.99. The number of hydrogen-bond acceptors (Lipinski definition) is 6. The third kappa shape index (κ3) is 5.83. The van der Waals surface area contributed by atoms with Gasteiger partial charge < -0.3 is 15.6 Å². The highest BCUT2D eigenvalue weighted by atomic mass is 32.2. The second-order valence-electron chi connectivity index (χ2n) is 7.48. The molecule has 29 heavy (non-hydrogen) atoms. The van der Waals surface area contributed by atoms with Crippen LogP contribution in [0.4, 0.5) is 5.69 Å². The molecule has 1 saturated heterocycles. The molecule has 1 unspecified atom stereocenters. The number of thioether (sulfide) groups is 1. The van der Waals surface area contributed by atoms with Crippen molar-refractivity contribution in [2.24, 2.45) is 11.7 Å². The lowest BCUT2D eigenvalue weighted by molar-refractivity contribution is -0.123. The number of anilines is 1. The first kappa shape index (κ1) is 21.4. The molecule has 1 aliphatic heterocycles. The number of likely N-dealkylation sites (tertiary alicyclic amines) is 1. The largest absolute Gasteiger partial charge is 0.369 e. The predicted molar refractivity (Wildman–Crippen MR) is 114 cm³/mol. The number of carbonyl (C=O) groups is 2. The lowest BCUT2D eigenvalue weighted by Gasteiger charge is -2.31. The van der Waals surface area contributed by atoms with Crippen LogP contribution in [0.25, 0.3) is 0 Å². The number of nitrogens with zero attached hydrogens (tertiary/aromatic N) is 2. The molecule has 1 aliphatic rings. The van der Waals surface area contributed by atoms with Crippen molar-refractivity contribution in [3.63, 3.8) is 0 Å². The fourth-order valence-electron chi connectivity index (χ4n) is 3.59. The van der Waals surface area contributed by atoms with Crippen LogP contribution in [0.1, 0.15) is 35.4 Å². The van der Waals surface area contributed by atoms with Crippen molar-refractivity contribution in [3.8, 4) is 0 Å². The number of aryl methyl sites for hydroxylation is 2. The van der Waals surface area contributed by atoms with Gasteiger partial charge in [-0.2, -0.15) is 0 Å². The van der Waals surface area contributed by atoms with Crippen LogP contribution in [-0.4, -0.2) is 40.7 Å². The van der Waals surface area contributed by atoms with Gasteiger partial charge in [-0.1, -0.05) is 23.4 Å². The van der Waals surface area contributed by atoms with Gasteiger partial charge in [0.2, 0.25) is 11.8 Å². The van der Waals surface area contributed by atoms with Crippen molar-refractivity contribution in [2.75, 3.05) is 24.2 Å². The number of carbonyl (C=O) groups excluding carboxylic acids is 2. The Balaban J connectivity index is 1.54. The summed E-state index contributed by atoms with van der Waals surface area (Å²) in [6.45, 7) is 6.08. The molecule has 7 nitrogen and oxygen atoms in total. The smallest absolute Gasteiger partial charge is 0.234 e. The van der Waals surface area contributed by atoms with E-state index in [-0.39, 0.29) is 17.7 Å². The molecule has 1 aromatic heterocycles. The fourth-order valence-corrected chi connectivity index (χ4v) is 4.57. The van der Waals surface area contributed by atoms with Crippen LogP contribution >= 0.6 is 11.8 Å². The average Bonchev–Trinajstić information content (AvgIpc) is 3.02. The van der Waals surface area contributed by atoms with Gasteiger partial charge >= 0.3 is 0 Å². The topological polar surface area (TPSA) is 101 Å². The number of para-hydroxylation sites is 1. The number of piperidine rings is 1. The molecule has 0 bridgehead atoms. The maximum absolute atomic E-state index is 12.5. The van der Waals surface area contributed by atoms with E-state index in [2.05, 4.69) is 15.4 Å². The van der Waals surface area contributed by atoms with Gasteiger partial charge in [0.05, 0.1) is 17.4 Å². The van der Waals surface area contributed by atoms with E-state index in [0.29, 0.717) is 24.6 Å². The van der Waals surface area contributed by atoms with Crippen molar-refractivity contribution in [2.45, 2.75) is 39.0 Å². The minimum Gasteiger partial charge on any atom is -0.369 e. The maximum atomic E-state index is 12.5. The normalized spacial score (nSPS) is 17.2. The summed E-state index contributed by atoms with van der Waals surface area (Å²) in [5.74, 6) is 1.49. The molecule has 3 rings (SSSR count). The SMILES string of the molecule is Cc1noc(C)c1CSCC(=O)Nc1ccccc1CN1CCCC(C(N)=O)C1. The number of primary amides is 1. The molecule has 2 aromatic rings. The van der Waals surface area contributed by atoms with Crippen molar-refractivity contribution in [3.05, 3.63) is 46.8 Å². The summed E-state index contributed by atoms with van der Waals surface area (Å²) >= 11 is 1.54. The minimum absolute atomic E-state index is 0.0390. The van der Waals surface area contributed by atoms with Crippen LogP contribution in [-0.2, 0) is 21.9 Å². The second kappa shape index (κ2) is 9.93. The Morgan fingerprint density at radius 2 is 2.14 bits per heavy atom. The summed E-state index contributed by atoms with van der Waals surface area (Å²) in [6.07, 6.45) is 1.81. The number of aromatic nitrogens is 1. The number of rotatable bonds is 8. The quantitative estimate of drug-likeness (QED) is 0.686. The summed E-state index contributed by atoms with van der Waals surface area (Å²) in [4.78, 5) is 26.2. The van der Waals surface area contributed by atoms with E-state index in [0.717, 1.165) is 47.7 Å². The molecule has 1 atom stereocenters. The van der Waals surface area contributed by atoms with E-state index in [9.17, 15) is 9.59 Å². The van der Waals surface area contributed by atoms with Crippen molar-refractivity contribution in [1.29, 1.82) is 0 Å². The van der Waals surface area contributed by atoms with Crippen molar-refractivity contribution < 1.29 is 14.1 Å². The van der Waals surface area contributed by atoms with Crippen LogP contribution < -0.4 is 11.1 Å². The van der Waals surface area contributed by atoms with Gasteiger partial charge in [-0.15, -0.1) is 11.8 Å². The van der Waals surface area contributed by atoms with E-state index in [1.165, 1.54) is 11.8 Å². The van der Waals surface area contributed by atoms with E-state index in [1.807, 2.05) is 38.1 Å². The molecule has 3 N–H and O–H groups in total. The first-order valence-electron chi connectivity index (χ1n) is 9.83. The van der Waals surface area contributed by atoms with Gasteiger partial charge in [0.15, 0.2) is 0 Å². The number of hydrogen-bond donors (Lipinski definition) is 2. The highest BCUT2D eigenvalue weighted by Gasteiger charge is 2.24. The number of benzene rings is 1. The van der Waals surface area contributed by atoms with Gasteiger partial charge in [0.1, 0.15) is 5.76 Å². The minimum atomic E-state index is -0.230. The Kier molecular flexibility index (Phi) is 7.33. The van der Waals surface area contributed by atoms with Crippen LogP contribution in [0.2, 0.25) is 0 Å². The summed E-state index contributed by atoms with van der Waals surface area (Å²) in [7, 11) is 0. The second-order valence-corrected chi connectivity index (χ2v) is 8.46. The Labute approximate surface area is 175 Å². The van der Waals surface area contributed by atoms with E-state index in [1.54, 1.807) is 0 Å². The molecular formula is C21H28N4O3S. The first-order chi connectivity index (χ1) is 13.9. The van der Waals surface area contributed by atoms with Gasteiger partial charge in [-0.25, -0.2) is 0 Å². The monoisotopic (exact) mass is 416 g/mol. The molecule has 2 heterocycles. The van der Waals surface area contributed by atoms with Gasteiger partial charge in [0, 0.05) is 30.1 Å². The molecule has 0 saturated carbocycles. The zero-order valence-electron chi connectivity index (χ0n) is 16.9. The number of amides is 2. The third-order valence-corrected chi connectivity index (χ3v) is 6.21. The molecule has 156 valence electrons. The summed E-state index contributed by atoms with van der Waals surface area (Å²) in [6, 6.07) is 7.81. The Morgan fingerprint density at radius 3 is 2.86 bits per heavy atom. The molecule has 2 amide bonds. The molecular weight excluding hydrogens is 388 g/mol. The van der Waals surface area contributed by atoms with E-state index >= 15 is 0 Å². The molecule has 0 radical (unpaired) electrons. The van der Waals surface area contributed by atoms with Gasteiger partial charge in [0.25, 0.3) is 0 Å². The van der Waals surface area contributed by atoms with Crippen molar-refractivity contribution in [1.82, 2.24) is 10.1 Å². The van der Waals surface area contributed by atoms with Crippen LogP contribution in [0.3, 0.4) is 0 Å². The average molecular weight is 417 g/mol. The highest BCUT2D eigenvalue weighted by Crippen LogP contribution is 2.23. The van der Waals surface area contributed by atoms with Crippen LogP contribution in [0.5, 0.6) is 0 Å². The Bertz CT molecular complexity index is 848. The maximum Gasteiger partial charge on any atom is 0.234 e. The molecule has 0 aliphatic carbocycles. The Hall–Kier alpha value is -2.32. The lowest BCUT2D eigenvalue weighted by Crippen LogP contribution is -2.40. The third-order valence-electron chi connectivity index (χ3n) is 5.25. The molecule has 1 fully saturated rings. The van der Waals surface area contributed by atoms with Gasteiger partial charge in [-0.05, 0) is 44.9 Å². The lowest BCUT2D eigenvalue weighted by atomic mass is 9.97. The summed E-state index contributed by atoms with van der Waals surface area (Å²) in [5.41, 5.74) is 9.27. The first-order valence-corrected chi connectivity index (χ1v) is 11.0. The van der Waals surface area contributed by atoms with E-state index in [4.69, 9.17) is 10.3 Å². The number of nitrogens with one attached hydrogen (secondary N) is 1. The van der Waals surface area contributed by atoms with Gasteiger partial charge in [-0.3, -0.25) is 14.5 Å². The zero-order chi connectivity index (χ0) is 20.8. The summed E-state index contributed by atoms with van der Waals surface area (Å²) < 4.78 is 5.16. The molecule has 1 aromatic carbocycles. The van der Waals surface area contributed by atoms with E-state index < -0.39 is 0 Å². The Morgan fingerprint density at radius 1 is 1.34 bits per heavy atom. The zero-order valence-corrected chi connectivity index (χ0v) is 17.8.